The molecule has 1 atom stereocenters. The number of allylic oxidation sites excluding steroid dienone is 5. The fraction of sp³-hybridized carbons (Fsp3) is 0.400. The predicted molar refractivity (Wildman–Crippen MR) is 94.6 cm³/mol. The van der Waals surface area contributed by atoms with E-state index < -0.39 is 29.4 Å². The van der Waals surface area contributed by atoms with Crippen molar-refractivity contribution in [3.05, 3.63) is 65.8 Å². The van der Waals surface area contributed by atoms with Crippen molar-refractivity contribution in [2.45, 2.75) is 46.5 Å². The van der Waals surface area contributed by atoms with Crippen LogP contribution in [0.4, 0.5) is 26.3 Å². The van der Waals surface area contributed by atoms with Crippen molar-refractivity contribution in [3.63, 3.8) is 0 Å². The molecule has 26 heavy (non-hydrogen) atoms. The van der Waals surface area contributed by atoms with Gasteiger partial charge in [0.15, 0.2) is 0 Å². The van der Waals surface area contributed by atoms with E-state index in [0.29, 0.717) is 6.08 Å². The first-order valence-corrected chi connectivity index (χ1v) is 8.28. The van der Waals surface area contributed by atoms with Gasteiger partial charge in [-0.15, -0.1) is 0 Å². The van der Waals surface area contributed by atoms with Crippen molar-refractivity contribution in [1.29, 1.82) is 0 Å². The van der Waals surface area contributed by atoms with Crippen LogP contribution in [0.2, 0.25) is 0 Å². The highest BCUT2D eigenvalue weighted by atomic mass is 19.4. The van der Waals surface area contributed by atoms with Crippen LogP contribution in [0.5, 0.6) is 0 Å². The normalized spacial score (nSPS) is 14.4. The maximum absolute atomic E-state index is 13.3. The second kappa shape index (κ2) is 10.2. The Labute approximate surface area is 150 Å². The first-order chi connectivity index (χ1) is 12.0. The minimum atomic E-state index is -4.71. The highest BCUT2D eigenvalue weighted by molar-refractivity contribution is 5.77. The number of alkyl halides is 6. The quantitative estimate of drug-likeness (QED) is 0.363. The molecule has 0 nitrogen and oxygen atoms in total. The van der Waals surface area contributed by atoms with Crippen LogP contribution in [0, 0.1) is 5.92 Å². The Balaban J connectivity index is 0.00000301. The van der Waals surface area contributed by atoms with E-state index in [-0.39, 0.29) is 17.6 Å². The molecular weight excluding hydrogens is 354 g/mol. The highest BCUT2D eigenvalue weighted by Crippen LogP contribution is 2.36. The second-order valence-corrected chi connectivity index (χ2v) is 5.40. The molecule has 0 radical (unpaired) electrons. The summed E-state index contributed by atoms with van der Waals surface area (Å²) in [5.74, 6) is -0.837. The van der Waals surface area contributed by atoms with Gasteiger partial charge in [-0.2, -0.15) is 26.3 Å². The van der Waals surface area contributed by atoms with Gasteiger partial charge in [-0.3, -0.25) is 0 Å². The molecule has 0 saturated carbocycles. The topological polar surface area (TPSA) is 0 Å². The molecule has 0 aliphatic rings. The third kappa shape index (κ3) is 7.50. The molecule has 0 aliphatic heterocycles. The van der Waals surface area contributed by atoms with Gasteiger partial charge >= 0.3 is 12.4 Å². The molecule has 1 unspecified atom stereocenters. The van der Waals surface area contributed by atoms with Gasteiger partial charge in [-0.25, -0.2) is 0 Å². The summed E-state index contributed by atoms with van der Waals surface area (Å²) in [4.78, 5) is 0. The zero-order valence-corrected chi connectivity index (χ0v) is 15.3. The third-order valence-corrected chi connectivity index (χ3v) is 3.58. The van der Waals surface area contributed by atoms with E-state index in [0.717, 1.165) is 6.08 Å². The summed E-state index contributed by atoms with van der Waals surface area (Å²) in [6.45, 7) is 9.89. The smallest absolute Gasteiger partial charge is 0.166 e. The summed E-state index contributed by atoms with van der Waals surface area (Å²) in [7, 11) is 0. The molecule has 0 aliphatic carbocycles. The number of rotatable bonds is 5. The van der Waals surface area contributed by atoms with Crippen LogP contribution in [0.1, 0.15) is 39.7 Å². The lowest BCUT2D eigenvalue weighted by Crippen LogP contribution is -2.18. The van der Waals surface area contributed by atoms with Gasteiger partial charge in [0.1, 0.15) is 0 Å². The van der Waals surface area contributed by atoms with E-state index in [4.69, 9.17) is 0 Å². The number of halogens is 6. The molecule has 1 rings (SSSR count). The van der Waals surface area contributed by atoms with Gasteiger partial charge in [0.05, 0.1) is 0 Å². The van der Waals surface area contributed by atoms with Crippen molar-refractivity contribution in [2.24, 2.45) is 5.92 Å². The molecule has 0 N–H and O–H groups in total. The summed E-state index contributed by atoms with van der Waals surface area (Å²) in [6, 6.07) is 7.63. The lowest BCUT2D eigenvalue weighted by atomic mass is 9.93. The molecule has 1 aromatic rings. The van der Waals surface area contributed by atoms with Gasteiger partial charge in [0.25, 0.3) is 0 Å². The zero-order valence-electron chi connectivity index (χ0n) is 15.3. The summed E-state index contributed by atoms with van der Waals surface area (Å²) >= 11 is 0. The molecule has 0 saturated heterocycles. The Kier molecular flexibility index (Phi) is 9.46. The molecule has 146 valence electrons. The second-order valence-electron chi connectivity index (χ2n) is 5.40. The third-order valence-electron chi connectivity index (χ3n) is 3.58. The lowest BCUT2D eigenvalue weighted by molar-refractivity contribution is -0.0984. The van der Waals surface area contributed by atoms with E-state index in [9.17, 15) is 26.3 Å². The Morgan fingerprint density at radius 2 is 1.46 bits per heavy atom. The van der Waals surface area contributed by atoms with E-state index in [1.165, 1.54) is 19.1 Å². The van der Waals surface area contributed by atoms with E-state index in [1.54, 1.807) is 25.1 Å². The average molecular weight is 378 g/mol. The molecule has 0 heterocycles. The molecule has 0 amide bonds. The minimum Gasteiger partial charge on any atom is -0.166 e. The fourth-order valence-corrected chi connectivity index (χ4v) is 2.00. The van der Waals surface area contributed by atoms with Crippen LogP contribution in [0.3, 0.4) is 0 Å². The van der Waals surface area contributed by atoms with Crippen LogP contribution in [-0.4, -0.2) is 12.4 Å². The monoisotopic (exact) mass is 378 g/mol. The van der Waals surface area contributed by atoms with E-state index in [1.807, 2.05) is 13.8 Å². The highest BCUT2D eigenvalue weighted by Gasteiger charge is 2.37. The average Bonchev–Trinajstić information content (AvgIpc) is 2.58. The van der Waals surface area contributed by atoms with Gasteiger partial charge < -0.3 is 0 Å². The van der Waals surface area contributed by atoms with Crippen LogP contribution >= 0.6 is 0 Å². The Morgan fingerprint density at radius 3 is 1.85 bits per heavy atom. The van der Waals surface area contributed by atoms with Crippen LogP contribution in [0.15, 0.2) is 60.2 Å². The van der Waals surface area contributed by atoms with E-state index >= 15 is 0 Å². The van der Waals surface area contributed by atoms with Gasteiger partial charge in [0.2, 0.25) is 0 Å². The molecular formula is C20H24F6. The fourth-order valence-electron chi connectivity index (χ4n) is 2.00. The van der Waals surface area contributed by atoms with Gasteiger partial charge in [0, 0.05) is 11.1 Å². The van der Waals surface area contributed by atoms with E-state index in [2.05, 4.69) is 6.58 Å². The largest absolute Gasteiger partial charge is 0.415 e. The lowest BCUT2D eigenvalue weighted by Gasteiger charge is -2.19. The van der Waals surface area contributed by atoms with Crippen molar-refractivity contribution >= 4 is 5.57 Å². The Bertz CT molecular complexity index is 618. The molecule has 6 heteroatoms. The molecule has 0 aromatic heterocycles. The van der Waals surface area contributed by atoms with Crippen molar-refractivity contribution in [3.8, 4) is 0 Å². The standard InChI is InChI=1S/C18H18F6.C2H6/c1-4-12(2)16(18(22,23)24)11-15(10-13(3)17(19,20)21)14-8-6-5-7-9-14;1-2/h5-12H,3-4H2,1-2H3;1-2H3/b15-10+,16-11+;. The zero-order chi connectivity index (χ0) is 20.5. The van der Waals surface area contributed by atoms with Crippen molar-refractivity contribution < 1.29 is 26.3 Å². The summed E-state index contributed by atoms with van der Waals surface area (Å²) in [5, 5.41) is 0. The summed E-state index contributed by atoms with van der Waals surface area (Å²) in [5.41, 5.74) is -1.99. The summed E-state index contributed by atoms with van der Waals surface area (Å²) in [6.07, 6.45) is -7.69. The maximum atomic E-state index is 13.3. The number of benzene rings is 1. The van der Waals surface area contributed by atoms with Crippen LogP contribution in [0.25, 0.3) is 5.57 Å². The minimum absolute atomic E-state index is 0.175. The Hall–Kier alpha value is -1.98. The van der Waals surface area contributed by atoms with Gasteiger partial charge in [-0.05, 0) is 35.6 Å². The van der Waals surface area contributed by atoms with Crippen molar-refractivity contribution in [1.82, 2.24) is 0 Å². The predicted octanol–water partition coefficient (Wildman–Crippen LogP) is 7.75. The van der Waals surface area contributed by atoms with Crippen LogP contribution < -0.4 is 0 Å². The number of hydrogen-bond acceptors (Lipinski definition) is 0. The SMILES string of the molecule is C=C(/C=C(\C=C(/C(C)CC)C(F)(F)F)c1ccccc1)C(F)(F)F.CC. The van der Waals surface area contributed by atoms with Gasteiger partial charge in [-0.1, -0.05) is 64.6 Å². The molecule has 0 spiro atoms. The first-order valence-electron chi connectivity index (χ1n) is 8.28. The molecule has 0 bridgehead atoms. The van der Waals surface area contributed by atoms with Crippen LogP contribution in [-0.2, 0) is 0 Å². The molecule has 0 fully saturated rings. The first kappa shape index (κ1) is 24.0. The number of hydrogen-bond donors (Lipinski definition) is 0. The molecule has 1 aromatic carbocycles. The Morgan fingerprint density at radius 1 is 0.962 bits per heavy atom. The maximum Gasteiger partial charge on any atom is 0.415 e. The summed E-state index contributed by atoms with van der Waals surface area (Å²) < 4.78 is 78.0. The van der Waals surface area contributed by atoms with Crippen molar-refractivity contribution in [2.75, 3.05) is 0 Å².